The molecule has 1 fully saturated rings. The van der Waals surface area contributed by atoms with Crippen LogP contribution in [0.1, 0.15) is 6.23 Å². The molecular weight excluding hydrogens is 278 g/mol. The van der Waals surface area contributed by atoms with Crippen molar-refractivity contribution in [2.75, 3.05) is 6.61 Å². The second kappa shape index (κ2) is 4.82. The van der Waals surface area contributed by atoms with E-state index in [0.29, 0.717) is 10.8 Å². The van der Waals surface area contributed by atoms with Crippen molar-refractivity contribution in [3.8, 4) is 12.3 Å². The van der Waals surface area contributed by atoms with Gasteiger partial charge in [-0.2, -0.15) is 4.39 Å². The molecule has 1 saturated heterocycles. The maximum Gasteiger partial charge on any atom is 0.330 e. The monoisotopic (exact) mass is 288 g/mol. The molecule has 2 rings (SSSR count). The summed E-state index contributed by atoms with van der Waals surface area (Å²) < 4.78 is 33.1. The lowest BCUT2D eigenvalue weighted by molar-refractivity contribution is -0.0547. The molecule has 0 amide bonds. The number of ether oxygens (including phenoxy) is 1. The van der Waals surface area contributed by atoms with Crippen LogP contribution < -0.4 is 11.2 Å². The summed E-state index contributed by atoms with van der Waals surface area (Å²) in [4.78, 5) is 24.1. The molecule has 1 aromatic heterocycles. The Hall–Kier alpha value is -2.02. The van der Waals surface area contributed by atoms with Crippen LogP contribution in [0.15, 0.2) is 15.8 Å². The van der Waals surface area contributed by atoms with E-state index in [0.717, 1.165) is 0 Å². The Morgan fingerprint density at radius 3 is 2.80 bits per heavy atom. The van der Waals surface area contributed by atoms with Gasteiger partial charge in [-0.15, -0.1) is 6.42 Å². The fourth-order valence-corrected chi connectivity index (χ4v) is 1.96. The van der Waals surface area contributed by atoms with E-state index in [-0.39, 0.29) is 0 Å². The molecule has 20 heavy (non-hydrogen) atoms. The third-order valence-corrected chi connectivity index (χ3v) is 3.02. The van der Waals surface area contributed by atoms with Crippen LogP contribution in [-0.2, 0) is 4.74 Å². The summed E-state index contributed by atoms with van der Waals surface area (Å²) in [5.74, 6) is 0.285. The van der Waals surface area contributed by atoms with Gasteiger partial charge in [0, 0.05) is 0 Å². The quantitative estimate of drug-likeness (QED) is 0.561. The van der Waals surface area contributed by atoms with Gasteiger partial charge in [-0.05, 0) is 0 Å². The Morgan fingerprint density at radius 1 is 1.60 bits per heavy atom. The number of H-pyrrole nitrogens is 1. The number of alkyl halides is 1. The third kappa shape index (κ3) is 1.94. The Labute approximate surface area is 110 Å². The molecule has 1 aromatic rings. The molecule has 2 heterocycles. The molecule has 0 saturated carbocycles. The molecule has 3 N–H and O–H groups in total. The first kappa shape index (κ1) is 14.4. The molecule has 0 aliphatic carbocycles. The molecule has 0 bridgehead atoms. The van der Waals surface area contributed by atoms with Crippen LogP contribution in [0.5, 0.6) is 0 Å². The van der Waals surface area contributed by atoms with Crippen LogP contribution in [0.4, 0.5) is 8.78 Å². The topological polar surface area (TPSA) is 105 Å². The average molecular weight is 288 g/mol. The number of aliphatic hydroxyl groups is 2. The summed E-state index contributed by atoms with van der Waals surface area (Å²) in [7, 11) is 0. The molecule has 7 nitrogen and oxygen atoms in total. The molecule has 1 aliphatic rings. The van der Waals surface area contributed by atoms with Crippen LogP contribution >= 0.6 is 0 Å². The van der Waals surface area contributed by atoms with Crippen molar-refractivity contribution in [3.63, 3.8) is 0 Å². The number of aliphatic hydroxyl groups excluding tert-OH is 2. The zero-order valence-corrected chi connectivity index (χ0v) is 9.92. The lowest BCUT2D eigenvalue weighted by atomic mass is 9.97. The standard InChI is InChI=1S/C11H10F2N2O5/c1-2-11(13)7(17)6(4-16)20-9(11)15-3-5(12)8(18)14-10(15)19/h1,3,6-7,9,16-17H,4H2,(H,14,18,19)/t6-,7-,9+,11-/m1/s1. The molecule has 108 valence electrons. The van der Waals surface area contributed by atoms with Gasteiger partial charge in [0.2, 0.25) is 11.5 Å². The van der Waals surface area contributed by atoms with E-state index < -0.39 is 47.8 Å². The molecule has 9 heteroatoms. The van der Waals surface area contributed by atoms with Crippen molar-refractivity contribution in [2.24, 2.45) is 0 Å². The number of nitrogens with one attached hydrogen (secondary N) is 1. The first-order valence-electron chi connectivity index (χ1n) is 5.47. The van der Waals surface area contributed by atoms with Gasteiger partial charge < -0.3 is 14.9 Å². The molecule has 1 aliphatic heterocycles. The largest absolute Gasteiger partial charge is 0.394 e. The van der Waals surface area contributed by atoms with Crippen molar-refractivity contribution in [2.45, 2.75) is 24.1 Å². The van der Waals surface area contributed by atoms with Crippen LogP contribution in [0.25, 0.3) is 0 Å². The van der Waals surface area contributed by atoms with Crippen molar-refractivity contribution < 1.29 is 23.7 Å². The second-order valence-corrected chi connectivity index (χ2v) is 4.21. The minimum absolute atomic E-state index is 0.384. The SMILES string of the molecule is C#C[C@@]1(F)[C@H](O)[C@@H](CO)O[C@@H]1n1cc(F)c(=O)[nH]c1=O. The van der Waals surface area contributed by atoms with Gasteiger partial charge in [0.25, 0.3) is 5.56 Å². The number of aromatic nitrogens is 2. The molecule has 0 spiro atoms. The Morgan fingerprint density at radius 2 is 2.25 bits per heavy atom. The zero-order chi connectivity index (χ0) is 15.1. The number of hydrogen-bond acceptors (Lipinski definition) is 5. The summed E-state index contributed by atoms with van der Waals surface area (Å²) in [6, 6.07) is 0. The number of nitrogens with zero attached hydrogens (tertiary/aromatic N) is 1. The van der Waals surface area contributed by atoms with E-state index in [1.165, 1.54) is 0 Å². The minimum Gasteiger partial charge on any atom is -0.394 e. The van der Waals surface area contributed by atoms with Gasteiger partial charge >= 0.3 is 5.69 Å². The predicted molar refractivity (Wildman–Crippen MR) is 61.0 cm³/mol. The van der Waals surface area contributed by atoms with Gasteiger partial charge in [-0.3, -0.25) is 14.3 Å². The molecular formula is C11H10F2N2O5. The van der Waals surface area contributed by atoms with Crippen LogP contribution in [-0.4, -0.2) is 44.2 Å². The van der Waals surface area contributed by atoms with Gasteiger partial charge in [-0.1, -0.05) is 5.92 Å². The van der Waals surface area contributed by atoms with Gasteiger partial charge in [0.1, 0.15) is 12.2 Å². The fraction of sp³-hybridized carbons (Fsp3) is 0.455. The highest BCUT2D eigenvalue weighted by Gasteiger charge is 2.57. The number of rotatable bonds is 2. The highest BCUT2D eigenvalue weighted by molar-refractivity contribution is 5.19. The smallest absolute Gasteiger partial charge is 0.330 e. The number of halogens is 2. The van der Waals surface area contributed by atoms with E-state index in [1.54, 1.807) is 10.9 Å². The predicted octanol–water partition coefficient (Wildman–Crippen LogP) is -1.73. The van der Waals surface area contributed by atoms with Crippen LogP contribution in [0.3, 0.4) is 0 Å². The Bertz CT molecular complexity index is 679. The Balaban J connectivity index is 2.58. The van der Waals surface area contributed by atoms with Crippen molar-refractivity contribution in [3.05, 3.63) is 32.9 Å². The van der Waals surface area contributed by atoms with Crippen LogP contribution in [0.2, 0.25) is 0 Å². The van der Waals surface area contributed by atoms with Crippen molar-refractivity contribution in [1.29, 1.82) is 0 Å². The molecule has 4 atom stereocenters. The first-order chi connectivity index (χ1) is 9.35. The Kier molecular flexibility index (Phi) is 3.47. The summed E-state index contributed by atoms with van der Waals surface area (Å²) in [6.07, 6.45) is 0.239. The third-order valence-electron chi connectivity index (χ3n) is 3.02. The normalized spacial score (nSPS) is 33.0. The highest BCUT2D eigenvalue weighted by atomic mass is 19.1. The fourth-order valence-electron chi connectivity index (χ4n) is 1.96. The summed E-state index contributed by atoms with van der Waals surface area (Å²) in [5, 5.41) is 18.6. The first-order valence-corrected chi connectivity index (χ1v) is 5.47. The lowest BCUT2D eigenvalue weighted by Gasteiger charge is -2.23. The average Bonchev–Trinajstić information content (AvgIpc) is 2.67. The maximum absolute atomic E-state index is 14.5. The number of terminal acetylenes is 1. The number of hydrogen-bond donors (Lipinski definition) is 3. The summed E-state index contributed by atoms with van der Waals surface area (Å²) in [5.41, 5.74) is -5.31. The van der Waals surface area contributed by atoms with Gasteiger partial charge in [-0.25, -0.2) is 9.18 Å². The lowest BCUT2D eigenvalue weighted by Crippen LogP contribution is -2.45. The van der Waals surface area contributed by atoms with Crippen molar-refractivity contribution in [1.82, 2.24) is 9.55 Å². The molecule has 0 unspecified atom stereocenters. The van der Waals surface area contributed by atoms with E-state index in [4.69, 9.17) is 16.3 Å². The summed E-state index contributed by atoms with van der Waals surface area (Å²) in [6.45, 7) is -0.758. The van der Waals surface area contributed by atoms with Gasteiger partial charge in [0.05, 0.1) is 12.8 Å². The van der Waals surface area contributed by atoms with Crippen molar-refractivity contribution >= 4 is 0 Å². The zero-order valence-electron chi connectivity index (χ0n) is 9.92. The second-order valence-electron chi connectivity index (χ2n) is 4.21. The minimum atomic E-state index is -2.86. The summed E-state index contributed by atoms with van der Waals surface area (Å²) >= 11 is 0. The van der Waals surface area contributed by atoms with Gasteiger partial charge in [0.15, 0.2) is 6.23 Å². The number of aromatic amines is 1. The van der Waals surface area contributed by atoms with E-state index in [2.05, 4.69) is 0 Å². The maximum atomic E-state index is 14.5. The molecule has 0 aromatic carbocycles. The van der Waals surface area contributed by atoms with E-state index >= 15 is 0 Å². The van der Waals surface area contributed by atoms with E-state index in [9.17, 15) is 23.5 Å². The van der Waals surface area contributed by atoms with E-state index in [1.807, 2.05) is 0 Å². The highest BCUT2D eigenvalue weighted by Crippen LogP contribution is 2.40. The van der Waals surface area contributed by atoms with Crippen LogP contribution in [0, 0.1) is 18.2 Å². The molecule has 0 radical (unpaired) electrons.